The van der Waals surface area contributed by atoms with Gasteiger partial charge in [-0.1, -0.05) is 42.0 Å². The van der Waals surface area contributed by atoms with Crippen LogP contribution in [0.4, 0.5) is 11.4 Å². The van der Waals surface area contributed by atoms with E-state index < -0.39 is 11.8 Å². The molecule has 1 saturated heterocycles. The van der Waals surface area contributed by atoms with Crippen molar-refractivity contribution >= 4 is 40.6 Å². The number of benzene rings is 2. The number of rotatable bonds is 5. The van der Waals surface area contributed by atoms with E-state index in [0.717, 1.165) is 11.1 Å². The summed E-state index contributed by atoms with van der Waals surface area (Å²) in [6.45, 7) is 2.52. The number of aryl methyl sites for hydroxylation is 1. The maximum atomic E-state index is 13.3. The van der Waals surface area contributed by atoms with E-state index in [1.165, 1.54) is 0 Å². The molecule has 0 aromatic heterocycles. The van der Waals surface area contributed by atoms with Crippen molar-refractivity contribution in [2.45, 2.75) is 37.7 Å². The molecule has 0 radical (unpaired) electrons. The molecule has 2 amide bonds. The third kappa shape index (κ3) is 5.24. The normalized spacial score (nSPS) is 27.0. The third-order valence-corrected chi connectivity index (χ3v) is 7.35. The van der Waals surface area contributed by atoms with E-state index in [0.29, 0.717) is 42.3 Å². The predicted molar refractivity (Wildman–Crippen MR) is 135 cm³/mol. The largest absolute Gasteiger partial charge is 0.370 e. The van der Waals surface area contributed by atoms with Crippen LogP contribution in [0.1, 0.15) is 36.3 Å². The Bertz CT molecular complexity index is 1230. The van der Waals surface area contributed by atoms with Crippen molar-refractivity contribution in [3.8, 4) is 0 Å². The van der Waals surface area contributed by atoms with E-state index >= 15 is 0 Å². The number of hydrogen-bond donors (Lipinski definition) is 2. The van der Waals surface area contributed by atoms with Gasteiger partial charge < -0.3 is 15.4 Å². The lowest BCUT2D eigenvalue weighted by Crippen LogP contribution is -2.33. The van der Waals surface area contributed by atoms with Crippen LogP contribution in [0.2, 0.25) is 5.02 Å². The van der Waals surface area contributed by atoms with Gasteiger partial charge in [-0.3, -0.25) is 14.4 Å². The number of ketones is 1. The molecule has 2 aliphatic carbocycles. The molecule has 2 fully saturated rings. The smallest absolute Gasteiger partial charge is 0.228 e. The first-order chi connectivity index (χ1) is 16.8. The zero-order valence-corrected chi connectivity index (χ0v) is 20.2. The van der Waals surface area contributed by atoms with Crippen molar-refractivity contribution in [2.24, 2.45) is 11.8 Å². The van der Waals surface area contributed by atoms with Gasteiger partial charge in [-0.25, -0.2) is 0 Å². The summed E-state index contributed by atoms with van der Waals surface area (Å²) >= 11 is 5.94. The lowest BCUT2D eigenvalue weighted by molar-refractivity contribution is -0.128. The van der Waals surface area contributed by atoms with Gasteiger partial charge in [-0.15, -0.1) is 0 Å². The van der Waals surface area contributed by atoms with E-state index in [2.05, 4.69) is 10.6 Å². The molecule has 7 heteroatoms. The minimum absolute atomic E-state index is 0.00333. The average molecular weight is 491 g/mol. The summed E-state index contributed by atoms with van der Waals surface area (Å²) in [5, 5.41) is 6.54. The number of epoxide rings is 1. The topological polar surface area (TPSA) is 87.8 Å². The Morgan fingerprint density at radius 2 is 1.69 bits per heavy atom. The molecule has 1 spiro atoms. The first-order valence-corrected chi connectivity index (χ1v) is 12.2. The van der Waals surface area contributed by atoms with Crippen LogP contribution in [0.5, 0.6) is 0 Å². The molecule has 5 rings (SSSR count). The summed E-state index contributed by atoms with van der Waals surface area (Å²) in [7, 11) is 0. The number of anilines is 2. The number of carbonyl (C=O) groups excluding carboxylic acids is 3. The van der Waals surface area contributed by atoms with E-state index in [9.17, 15) is 14.4 Å². The fourth-order valence-electron chi connectivity index (χ4n) is 5.05. The van der Waals surface area contributed by atoms with E-state index in [1.807, 2.05) is 37.3 Å². The molecular formula is C28H27ClN2O4. The second-order valence-electron chi connectivity index (χ2n) is 9.67. The zero-order chi connectivity index (χ0) is 24.6. The number of allylic oxidation sites excluding steroid dienone is 4. The lowest BCUT2D eigenvalue weighted by Gasteiger charge is -2.20. The first-order valence-electron chi connectivity index (χ1n) is 11.8. The summed E-state index contributed by atoms with van der Waals surface area (Å²) < 4.78 is 5.64. The van der Waals surface area contributed by atoms with E-state index in [-0.39, 0.29) is 29.1 Å². The standard InChI is InChI=1S/C28H27ClN2O4/c1-17-12-19(18-4-2-3-5-22(32)13-18)6-11-25(17)31-27(34)24-15-28(16-35-28)14-23(24)26(33)30-21-9-7-20(29)8-10-21/h2-12,18,23-24H,13-16H2,1H3,(H,30,33)(H,31,34)/t18?,23-,24-,28?/m0/s1. The quantitative estimate of drug-likeness (QED) is 0.564. The SMILES string of the molecule is Cc1cc(C2C=CC=CC(=O)C2)ccc1NC(=O)[C@H]1CC2(CO2)C[C@@H]1C(=O)Nc1ccc(Cl)cc1. The van der Waals surface area contributed by atoms with Crippen LogP contribution in [0.25, 0.3) is 0 Å². The van der Waals surface area contributed by atoms with Crippen LogP contribution in [-0.2, 0) is 19.1 Å². The van der Waals surface area contributed by atoms with Gasteiger partial charge in [0.15, 0.2) is 5.78 Å². The van der Waals surface area contributed by atoms with Gasteiger partial charge in [0.25, 0.3) is 0 Å². The van der Waals surface area contributed by atoms with Crippen LogP contribution >= 0.6 is 11.6 Å². The minimum atomic E-state index is -0.489. The molecular weight excluding hydrogens is 464 g/mol. The Morgan fingerprint density at radius 3 is 2.34 bits per heavy atom. The molecule has 1 saturated carbocycles. The van der Waals surface area contributed by atoms with Crippen LogP contribution < -0.4 is 10.6 Å². The maximum absolute atomic E-state index is 13.3. The fourth-order valence-corrected chi connectivity index (χ4v) is 5.18. The summed E-state index contributed by atoms with van der Waals surface area (Å²) in [5.74, 6) is -1.25. The van der Waals surface area contributed by atoms with Crippen molar-refractivity contribution < 1.29 is 19.1 Å². The van der Waals surface area contributed by atoms with Crippen LogP contribution in [-0.4, -0.2) is 29.8 Å². The highest BCUT2D eigenvalue weighted by Crippen LogP contribution is 2.50. The summed E-state index contributed by atoms with van der Waals surface area (Å²) in [6.07, 6.45) is 8.75. The Balaban J connectivity index is 1.29. The van der Waals surface area contributed by atoms with Gasteiger partial charge in [-0.05, 0) is 67.3 Å². The van der Waals surface area contributed by atoms with Gasteiger partial charge in [0, 0.05) is 28.7 Å². The molecule has 4 atom stereocenters. The van der Waals surface area contributed by atoms with Crippen molar-refractivity contribution in [2.75, 3.05) is 17.2 Å². The van der Waals surface area contributed by atoms with Crippen molar-refractivity contribution in [1.29, 1.82) is 0 Å². The number of carbonyl (C=O) groups is 3. The summed E-state index contributed by atoms with van der Waals surface area (Å²) in [4.78, 5) is 38.4. The Hall–Kier alpha value is -3.22. The lowest BCUT2D eigenvalue weighted by atomic mass is 9.92. The molecule has 0 bridgehead atoms. The Morgan fingerprint density at radius 1 is 1.00 bits per heavy atom. The maximum Gasteiger partial charge on any atom is 0.228 e. The summed E-state index contributed by atoms with van der Waals surface area (Å²) in [5.41, 5.74) is 2.92. The molecule has 2 aromatic rings. The molecule has 2 N–H and O–H groups in total. The number of amides is 2. The highest BCUT2D eigenvalue weighted by atomic mass is 35.5. The number of nitrogens with one attached hydrogen (secondary N) is 2. The highest BCUT2D eigenvalue weighted by Gasteiger charge is 2.58. The van der Waals surface area contributed by atoms with Gasteiger partial charge in [0.1, 0.15) is 0 Å². The van der Waals surface area contributed by atoms with Crippen molar-refractivity contribution in [3.63, 3.8) is 0 Å². The second-order valence-corrected chi connectivity index (χ2v) is 10.1. The molecule has 1 heterocycles. The van der Waals surface area contributed by atoms with Crippen LogP contribution in [0, 0.1) is 18.8 Å². The zero-order valence-electron chi connectivity index (χ0n) is 19.4. The van der Waals surface area contributed by atoms with Gasteiger partial charge in [-0.2, -0.15) is 0 Å². The molecule has 3 aliphatic rings. The molecule has 180 valence electrons. The minimum Gasteiger partial charge on any atom is -0.370 e. The number of hydrogen-bond acceptors (Lipinski definition) is 4. The fraction of sp³-hybridized carbons (Fsp3) is 0.321. The molecule has 35 heavy (non-hydrogen) atoms. The number of ether oxygens (including phenoxy) is 1. The van der Waals surface area contributed by atoms with Crippen molar-refractivity contribution in [1.82, 2.24) is 0 Å². The molecule has 2 aromatic carbocycles. The van der Waals surface area contributed by atoms with Crippen LogP contribution in [0.3, 0.4) is 0 Å². The predicted octanol–water partition coefficient (Wildman–Crippen LogP) is 5.19. The molecule has 6 nitrogen and oxygen atoms in total. The highest BCUT2D eigenvalue weighted by molar-refractivity contribution is 6.30. The van der Waals surface area contributed by atoms with Crippen molar-refractivity contribution in [3.05, 3.63) is 82.9 Å². The van der Waals surface area contributed by atoms with Gasteiger partial charge >= 0.3 is 0 Å². The third-order valence-electron chi connectivity index (χ3n) is 7.10. The first kappa shape index (κ1) is 23.5. The average Bonchev–Trinajstić information content (AvgIpc) is 3.53. The second kappa shape index (κ2) is 9.44. The van der Waals surface area contributed by atoms with E-state index in [4.69, 9.17) is 16.3 Å². The Labute approximate surface area is 209 Å². The Kier molecular flexibility index (Phi) is 6.34. The van der Waals surface area contributed by atoms with Gasteiger partial charge in [0.2, 0.25) is 11.8 Å². The molecule has 2 unspecified atom stereocenters. The monoisotopic (exact) mass is 490 g/mol. The van der Waals surface area contributed by atoms with E-state index in [1.54, 1.807) is 36.4 Å². The number of halogens is 1. The van der Waals surface area contributed by atoms with Crippen LogP contribution in [0.15, 0.2) is 66.8 Å². The van der Waals surface area contributed by atoms with Gasteiger partial charge in [0.05, 0.1) is 24.0 Å². The summed E-state index contributed by atoms with van der Waals surface area (Å²) in [6, 6.07) is 12.7. The molecule has 1 aliphatic heterocycles.